The molecule has 0 aliphatic rings. The van der Waals surface area contributed by atoms with Crippen molar-refractivity contribution in [2.75, 3.05) is 19.0 Å². The van der Waals surface area contributed by atoms with Crippen molar-refractivity contribution in [1.29, 1.82) is 0 Å². The number of rotatable bonds is 5. The van der Waals surface area contributed by atoms with Gasteiger partial charge in [-0.15, -0.1) is 0 Å². The lowest BCUT2D eigenvalue weighted by Gasteiger charge is -2.06. The fourth-order valence-corrected chi connectivity index (χ4v) is 1.69. The number of nitrogens with two attached hydrogens (primary N) is 1. The van der Waals surface area contributed by atoms with E-state index in [1.807, 2.05) is 0 Å². The number of anilines is 1. The lowest BCUT2D eigenvalue weighted by Crippen LogP contribution is -2.13. The molecule has 0 aliphatic carbocycles. The Hall–Kier alpha value is -2.41. The van der Waals surface area contributed by atoms with Crippen molar-refractivity contribution in [3.63, 3.8) is 0 Å². The summed E-state index contributed by atoms with van der Waals surface area (Å²) in [4.78, 5) is 15.9. The molecule has 0 atom stereocenters. The maximum absolute atomic E-state index is 13.5. The van der Waals surface area contributed by atoms with E-state index in [1.165, 1.54) is 25.6 Å². The highest BCUT2D eigenvalue weighted by molar-refractivity contribution is 6.02. The Morgan fingerprint density at radius 1 is 1.55 bits per heavy atom. The molecule has 0 spiro atoms. The van der Waals surface area contributed by atoms with Gasteiger partial charge in [0, 0.05) is 31.0 Å². The van der Waals surface area contributed by atoms with Crippen LogP contribution in [0.25, 0.3) is 0 Å². The van der Waals surface area contributed by atoms with Crippen LogP contribution in [0, 0.1) is 5.82 Å². The Kier molecular flexibility index (Phi) is 4.31. The Labute approximate surface area is 115 Å². The van der Waals surface area contributed by atoms with Gasteiger partial charge in [0.25, 0.3) is 5.91 Å². The number of benzene rings is 1. The average Bonchev–Trinajstić information content (AvgIpc) is 2.88. The van der Waals surface area contributed by atoms with E-state index in [1.54, 1.807) is 16.8 Å². The van der Waals surface area contributed by atoms with E-state index >= 15 is 0 Å². The summed E-state index contributed by atoms with van der Waals surface area (Å²) in [5, 5.41) is 2.56. The van der Waals surface area contributed by atoms with Gasteiger partial charge in [0.1, 0.15) is 5.69 Å². The molecule has 1 heterocycles. The van der Waals surface area contributed by atoms with E-state index < -0.39 is 11.7 Å². The number of ether oxygens (including phenoxy) is 1. The predicted octanol–water partition coefficient (Wildman–Crippen LogP) is 1.24. The number of imidazole rings is 1. The molecule has 0 radical (unpaired) electrons. The number of methoxy groups -OCH3 is 1. The maximum atomic E-state index is 13.5. The van der Waals surface area contributed by atoms with E-state index in [-0.39, 0.29) is 11.4 Å². The number of amides is 1. The molecule has 2 aromatic rings. The van der Waals surface area contributed by atoms with Crippen LogP contribution >= 0.6 is 0 Å². The number of hydrogen-bond donors (Lipinski definition) is 2. The van der Waals surface area contributed by atoms with Gasteiger partial charge in [-0.3, -0.25) is 4.79 Å². The molecule has 1 aromatic heterocycles. The number of carbonyl (C=O) groups excluding carboxylic acids is 1. The van der Waals surface area contributed by atoms with Crippen LogP contribution in [0.2, 0.25) is 0 Å². The molecule has 2 rings (SSSR count). The zero-order chi connectivity index (χ0) is 14.5. The molecule has 0 saturated carbocycles. The number of aromatic nitrogens is 2. The summed E-state index contributed by atoms with van der Waals surface area (Å²) in [6.07, 6.45) is 3.11. The summed E-state index contributed by atoms with van der Waals surface area (Å²) in [6.45, 7) is 1.04. The lowest BCUT2D eigenvalue weighted by atomic mass is 10.3. The zero-order valence-electron chi connectivity index (χ0n) is 11.0. The first-order valence-corrected chi connectivity index (χ1v) is 6.00. The molecule has 1 amide bonds. The van der Waals surface area contributed by atoms with E-state index in [0.29, 0.717) is 18.8 Å². The van der Waals surface area contributed by atoms with Crippen LogP contribution in [0.4, 0.5) is 10.1 Å². The van der Waals surface area contributed by atoms with Gasteiger partial charge in [-0.2, -0.15) is 0 Å². The van der Waals surface area contributed by atoms with Gasteiger partial charge in [0.2, 0.25) is 0 Å². The lowest BCUT2D eigenvalue weighted by molar-refractivity contribution is 0.102. The topological polar surface area (TPSA) is 82.2 Å². The highest BCUT2D eigenvalue weighted by Gasteiger charge is 2.11. The highest BCUT2D eigenvalue weighted by atomic mass is 19.1. The molecular formula is C13H15FN4O2. The minimum atomic E-state index is -0.543. The molecular weight excluding hydrogens is 263 g/mol. The molecule has 0 saturated heterocycles. The van der Waals surface area contributed by atoms with E-state index in [9.17, 15) is 9.18 Å². The second-order valence-corrected chi connectivity index (χ2v) is 4.09. The SMILES string of the molecule is COc1ccc(NC(=O)c2cn(CCN)cn2)cc1F. The van der Waals surface area contributed by atoms with Gasteiger partial charge in [-0.25, -0.2) is 9.37 Å². The van der Waals surface area contributed by atoms with Crippen LogP contribution < -0.4 is 15.8 Å². The van der Waals surface area contributed by atoms with E-state index in [0.717, 1.165) is 0 Å². The Bertz CT molecular complexity index is 612. The highest BCUT2D eigenvalue weighted by Crippen LogP contribution is 2.20. The van der Waals surface area contributed by atoms with Crippen LogP contribution in [0.5, 0.6) is 5.75 Å². The fraction of sp³-hybridized carbons (Fsp3) is 0.231. The number of nitrogens with zero attached hydrogens (tertiary/aromatic N) is 2. The third-order valence-electron chi connectivity index (χ3n) is 2.66. The Morgan fingerprint density at radius 3 is 3.00 bits per heavy atom. The first-order valence-electron chi connectivity index (χ1n) is 6.00. The van der Waals surface area contributed by atoms with Crippen LogP contribution in [-0.4, -0.2) is 29.1 Å². The second-order valence-electron chi connectivity index (χ2n) is 4.09. The first kappa shape index (κ1) is 14.0. The zero-order valence-corrected chi connectivity index (χ0v) is 11.0. The molecule has 7 heteroatoms. The summed E-state index contributed by atoms with van der Waals surface area (Å²) >= 11 is 0. The number of halogens is 1. The molecule has 1 aromatic carbocycles. The third kappa shape index (κ3) is 3.12. The second kappa shape index (κ2) is 6.16. The van der Waals surface area contributed by atoms with Gasteiger partial charge >= 0.3 is 0 Å². The van der Waals surface area contributed by atoms with Crippen molar-refractivity contribution >= 4 is 11.6 Å². The summed E-state index contributed by atoms with van der Waals surface area (Å²) in [7, 11) is 1.38. The van der Waals surface area contributed by atoms with Crippen LogP contribution in [0.3, 0.4) is 0 Å². The minimum Gasteiger partial charge on any atom is -0.494 e. The number of nitrogens with one attached hydrogen (secondary N) is 1. The molecule has 0 aliphatic heterocycles. The first-order chi connectivity index (χ1) is 9.63. The van der Waals surface area contributed by atoms with Crippen LogP contribution in [0.15, 0.2) is 30.7 Å². The quantitative estimate of drug-likeness (QED) is 0.862. The van der Waals surface area contributed by atoms with Crippen molar-refractivity contribution in [1.82, 2.24) is 9.55 Å². The fourth-order valence-electron chi connectivity index (χ4n) is 1.69. The summed E-state index contributed by atoms with van der Waals surface area (Å²) < 4.78 is 20.0. The Balaban J connectivity index is 2.08. The van der Waals surface area contributed by atoms with Crippen molar-refractivity contribution in [2.24, 2.45) is 5.73 Å². The largest absolute Gasteiger partial charge is 0.494 e. The van der Waals surface area contributed by atoms with Gasteiger partial charge < -0.3 is 20.4 Å². The van der Waals surface area contributed by atoms with E-state index in [2.05, 4.69) is 10.3 Å². The minimum absolute atomic E-state index is 0.121. The summed E-state index contributed by atoms with van der Waals surface area (Å²) in [6, 6.07) is 4.18. The molecule has 20 heavy (non-hydrogen) atoms. The molecule has 3 N–H and O–H groups in total. The number of hydrogen-bond acceptors (Lipinski definition) is 4. The van der Waals surface area contributed by atoms with Gasteiger partial charge in [0.05, 0.1) is 13.4 Å². The van der Waals surface area contributed by atoms with Crippen molar-refractivity contribution < 1.29 is 13.9 Å². The Morgan fingerprint density at radius 2 is 2.35 bits per heavy atom. The van der Waals surface area contributed by atoms with Crippen LogP contribution in [0.1, 0.15) is 10.5 Å². The molecule has 6 nitrogen and oxygen atoms in total. The standard InChI is InChI=1S/C13H15FN4O2/c1-20-12-3-2-9(6-10(12)14)17-13(19)11-7-18(5-4-15)8-16-11/h2-3,6-8H,4-5,15H2,1H3,(H,17,19). The average molecular weight is 278 g/mol. The van der Waals surface area contributed by atoms with E-state index in [4.69, 9.17) is 10.5 Å². The third-order valence-corrected chi connectivity index (χ3v) is 2.66. The molecule has 0 bridgehead atoms. The molecule has 0 unspecified atom stereocenters. The van der Waals surface area contributed by atoms with Crippen molar-refractivity contribution in [3.05, 3.63) is 42.2 Å². The molecule has 0 fully saturated rings. The van der Waals surface area contributed by atoms with Gasteiger partial charge in [-0.1, -0.05) is 0 Å². The van der Waals surface area contributed by atoms with Gasteiger partial charge in [-0.05, 0) is 12.1 Å². The van der Waals surface area contributed by atoms with Crippen LogP contribution in [-0.2, 0) is 6.54 Å². The van der Waals surface area contributed by atoms with Crippen molar-refractivity contribution in [2.45, 2.75) is 6.54 Å². The van der Waals surface area contributed by atoms with Gasteiger partial charge in [0.15, 0.2) is 11.6 Å². The maximum Gasteiger partial charge on any atom is 0.275 e. The monoisotopic (exact) mass is 278 g/mol. The molecule has 106 valence electrons. The predicted molar refractivity (Wildman–Crippen MR) is 72.2 cm³/mol. The summed E-state index contributed by atoms with van der Waals surface area (Å²) in [5.41, 5.74) is 5.99. The number of carbonyl (C=O) groups is 1. The van der Waals surface area contributed by atoms with Crippen molar-refractivity contribution in [3.8, 4) is 5.75 Å². The normalized spacial score (nSPS) is 10.3. The summed E-state index contributed by atoms with van der Waals surface area (Å²) in [5.74, 6) is -0.834. The smallest absolute Gasteiger partial charge is 0.275 e.